The van der Waals surface area contributed by atoms with Gasteiger partial charge in [-0.05, 0) is 25.0 Å². The summed E-state index contributed by atoms with van der Waals surface area (Å²) in [6.45, 7) is 4.67. The lowest BCUT2D eigenvalue weighted by molar-refractivity contribution is -0.134. The number of unbranched alkanes of at least 4 members (excludes halogenated alkanes) is 1. The van der Waals surface area contributed by atoms with Gasteiger partial charge < -0.3 is 10.2 Å². The van der Waals surface area contributed by atoms with Gasteiger partial charge in [0.2, 0.25) is 11.8 Å². The highest BCUT2D eigenvalue weighted by molar-refractivity contribution is 5.94. The molecule has 0 saturated heterocycles. The van der Waals surface area contributed by atoms with Crippen molar-refractivity contribution >= 4 is 17.6 Å². The van der Waals surface area contributed by atoms with Gasteiger partial charge in [-0.2, -0.15) is 5.10 Å². The Balaban J connectivity index is 1.83. The molecule has 3 aromatic rings. The first-order chi connectivity index (χ1) is 15.1. The van der Waals surface area contributed by atoms with Crippen molar-refractivity contribution in [3.8, 4) is 16.9 Å². The maximum absolute atomic E-state index is 12.9. The van der Waals surface area contributed by atoms with Crippen molar-refractivity contribution in [2.75, 3.05) is 18.4 Å². The summed E-state index contributed by atoms with van der Waals surface area (Å²) in [5, 5.41) is 7.68. The molecule has 1 aromatic heterocycles. The van der Waals surface area contributed by atoms with E-state index in [1.165, 1.54) is 0 Å². The van der Waals surface area contributed by atoms with Crippen LogP contribution in [-0.4, -0.2) is 39.6 Å². The highest BCUT2D eigenvalue weighted by atomic mass is 16.2. The van der Waals surface area contributed by atoms with Crippen LogP contribution in [0.5, 0.6) is 0 Å². The fourth-order valence-electron chi connectivity index (χ4n) is 3.39. The summed E-state index contributed by atoms with van der Waals surface area (Å²) in [5.74, 6) is 0.378. The predicted molar refractivity (Wildman–Crippen MR) is 124 cm³/mol. The van der Waals surface area contributed by atoms with Crippen molar-refractivity contribution in [1.82, 2.24) is 14.7 Å². The van der Waals surface area contributed by atoms with Gasteiger partial charge in [0.15, 0.2) is 0 Å². The third-order valence-electron chi connectivity index (χ3n) is 4.97. The number of hydrogen-bond donors (Lipinski definition) is 1. The molecule has 0 spiro atoms. The predicted octanol–water partition coefficient (Wildman–Crippen LogP) is 4.91. The maximum atomic E-state index is 12.9. The Morgan fingerprint density at radius 3 is 2.29 bits per heavy atom. The van der Waals surface area contributed by atoms with Gasteiger partial charge in [0.25, 0.3) is 0 Å². The van der Waals surface area contributed by atoms with Crippen molar-refractivity contribution in [3.05, 3.63) is 66.7 Å². The summed E-state index contributed by atoms with van der Waals surface area (Å²) >= 11 is 0. The third-order valence-corrected chi connectivity index (χ3v) is 4.97. The number of nitrogens with one attached hydrogen (secondary N) is 1. The zero-order chi connectivity index (χ0) is 22.1. The number of carbonyl (C=O) groups is 2. The lowest BCUT2D eigenvalue weighted by atomic mass is 10.1. The van der Waals surface area contributed by atoms with Gasteiger partial charge in [0.05, 0.1) is 17.9 Å². The molecule has 162 valence electrons. The Hall–Kier alpha value is -3.41. The molecule has 0 aliphatic rings. The van der Waals surface area contributed by atoms with E-state index in [1.807, 2.05) is 73.7 Å². The molecule has 1 heterocycles. The average molecular weight is 419 g/mol. The van der Waals surface area contributed by atoms with Crippen LogP contribution in [-0.2, 0) is 9.59 Å². The number of hydrogen-bond acceptors (Lipinski definition) is 3. The highest BCUT2D eigenvalue weighted by Gasteiger charge is 2.18. The van der Waals surface area contributed by atoms with Crippen LogP contribution < -0.4 is 5.32 Å². The van der Waals surface area contributed by atoms with Crippen LogP contribution in [0.15, 0.2) is 66.7 Å². The van der Waals surface area contributed by atoms with Crippen molar-refractivity contribution in [2.45, 2.75) is 39.5 Å². The lowest BCUT2D eigenvalue weighted by Gasteiger charge is -2.21. The maximum Gasteiger partial charge on any atom is 0.245 e. The number of rotatable bonds is 10. The molecule has 0 aliphatic heterocycles. The number of para-hydroxylation sites is 1. The van der Waals surface area contributed by atoms with Crippen molar-refractivity contribution < 1.29 is 9.59 Å². The molecular formula is C25H30N4O2. The summed E-state index contributed by atoms with van der Waals surface area (Å²) in [7, 11) is 0. The number of nitrogens with zero attached hydrogens (tertiary/aromatic N) is 3. The summed E-state index contributed by atoms with van der Waals surface area (Å²) < 4.78 is 1.73. The largest absolute Gasteiger partial charge is 0.333 e. The highest BCUT2D eigenvalue weighted by Crippen LogP contribution is 2.24. The number of aromatic nitrogens is 2. The van der Waals surface area contributed by atoms with E-state index in [1.54, 1.807) is 9.58 Å². The molecule has 1 N–H and O–H groups in total. The second-order valence-corrected chi connectivity index (χ2v) is 7.50. The minimum absolute atomic E-state index is 0.0281. The average Bonchev–Trinajstić information content (AvgIpc) is 3.22. The molecule has 0 bridgehead atoms. The Morgan fingerprint density at radius 2 is 1.65 bits per heavy atom. The molecule has 2 aromatic carbocycles. The van der Waals surface area contributed by atoms with Crippen LogP contribution >= 0.6 is 0 Å². The molecule has 0 atom stereocenters. The number of carbonyl (C=O) groups excluding carboxylic acids is 2. The monoisotopic (exact) mass is 418 g/mol. The van der Waals surface area contributed by atoms with E-state index >= 15 is 0 Å². The van der Waals surface area contributed by atoms with Crippen molar-refractivity contribution in [3.63, 3.8) is 0 Å². The van der Waals surface area contributed by atoms with E-state index in [2.05, 4.69) is 12.2 Å². The van der Waals surface area contributed by atoms with E-state index in [9.17, 15) is 9.59 Å². The Bertz CT molecular complexity index is 983. The zero-order valence-electron chi connectivity index (χ0n) is 18.3. The Morgan fingerprint density at radius 1 is 0.968 bits per heavy atom. The molecule has 6 heteroatoms. The van der Waals surface area contributed by atoms with E-state index < -0.39 is 0 Å². The molecule has 0 radical (unpaired) electrons. The van der Waals surface area contributed by atoms with Gasteiger partial charge >= 0.3 is 0 Å². The van der Waals surface area contributed by atoms with Crippen LogP contribution in [0.4, 0.5) is 5.82 Å². The second kappa shape index (κ2) is 11.1. The van der Waals surface area contributed by atoms with E-state index in [0.29, 0.717) is 18.8 Å². The van der Waals surface area contributed by atoms with Gasteiger partial charge in [-0.25, -0.2) is 4.68 Å². The first-order valence-electron chi connectivity index (χ1n) is 10.9. The third kappa shape index (κ3) is 6.04. The van der Waals surface area contributed by atoms with Crippen LogP contribution in [0.3, 0.4) is 0 Å². The fourth-order valence-corrected chi connectivity index (χ4v) is 3.39. The van der Waals surface area contributed by atoms with Gasteiger partial charge in [-0.3, -0.25) is 9.59 Å². The first-order valence-corrected chi connectivity index (χ1v) is 10.9. The van der Waals surface area contributed by atoms with Gasteiger partial charge in [0, 0.05) is 24.6 Å². The molecule has 6 nitrogen and oxygen atoms in total. The standard InChI is InChI=1S/C25H30N4O2/c1-3-5-16-25(31)28(17-4-2)19-24(30)26-23-18-22(20-12-8-6-9-13-20)27-29(23)21-14-10-7-11-15-21/h6-15,18H,3-5,16-17,19H2,1-2H3,(H,26,30). The van der Waals surface area contributed by atoms with E-state index in [0.717, 1.165) is 36.2 Å². The summed E-state index contributed by atoms with van der Waals surface area (Å²) in [4.78, 5) is 27.0. The van der Waals surface area contributed by atoms with Crippen molar-refractivity contribution in [2.24, 2.45) is 0 Å². The van der Waals surface area contributed by atoms with Crippen LogP contribution in [0.25, 0.3) is 16.9 Å². The summed E-state index contributed by atoms with van der Waals surface area (Å²) in [6.07, 6.45) is 3.08. The molecule has 0 fully saturated rings. The molecule has 0 aliphatic carbocycles. The van der Waals surface area contributed by atoms with Crippen molar-refractivity contribution in [1.29, 1.82) is 0 Å². The molecule has 0 unspecified atom stereocenters. The summed E-state index contributed by atoms with van der Waals surface area (Å²) in [5.41, 5.74) is 2.59. The molecule has 31 heavy (non-hydrogen) atoms. The minimum atomic E-state index is -0.227. The van der Waals surface area contributed by atoms with Gasteiger partial charge in [-0.1, -0.05) is 68.8 Å². The van der Waals surface area contributed by atoms with Gasteiger partial charge in [0.1, 0.15) is 5.82 Å². The SMILES string of the molecule is CCCCC(=O)N(CCC)CC(=O)Nc1cc(-c2ccccc2)nn1-c1ccccc1. The smallest absolute Gasteiger partial charge is 0.245 e. The van der Waals surface area contributed by atoms with Crippen LogP contribution in [0.2, 0.25) is 0 Å². The lowest BCUT2D eigenvalue weighted by Crippen LogP contribution is -2.38. The number of amides is 2. The molecule has 2 amide bonds. The quantitative estimate of drug-likeness (QED) is 0.509. The normalized spacial score (nSPS) is 10.6. The fraction of sp³-hybridized carbons (Fsp3) is 0.320. The molecule has 0 saturated carbocycles. The van der Waals surface area contributed by atoms with Crippen LogP contribution in [0, 0.1) is 0 Å². The van der Waals surface area contributed by atoms with Gasteiger partial charge in [-0.15, -0.1) is 0 Å². The Kier molecular flexibility index (Phi) is 7.98. The second-order valence-electron chi connectivity index (χ2n) is 7.50. The van der Waals surface area contributed by atoms with Crippen LogP contribution in [0.1, 0.15) is 39.5 Å². The van der Waals surface area contributed by atoms with E-state index in [-0.39, 0.29) is 18.4 Å². The zero-order valence-corrected chi connectivity index (χ0v) is 18.3. The number of benzene rings is 2. The van der Waals surface area contributed by atoms with E-state index in [4.69, 9.17) is 5.10 Å². The first kappa shape index (κ1) is 22.3. The molecule has 3 rings (SSSR count). The minimum Gasteiger partial charge on any atom is -0.333 e. The summed E-state index contributed by atoms with van der Waals surface area (Å²) in [6, 6.07) is 21.4. The number of anilines is 1. The topological polar surface area (TPSA) is 67.2 Å². The molecular weight excluding hydrogens is 388 g/mol. The Labute approximate surface area is 183 Å².